The molecule has 1 aromatic heterocycles. The van der Waals surface area contributed by atoms with Gasteiger partial charge in [0.25, 0.3) is 5.91 Å². The number of nitrogens with zero attached hydrogens (tertiary/aromatic N) is 2. The predicted octanol–water partition coefficient (Wildman–Crippen LogP) is 4.16. The van der Waals surface area contributed by atoms with E-state index in [2.05, 4.69) is 20.7 Å². The molecule has 26 heavy (non-hydrogen) atoms. The van der Waals surface area contributed by atoms with E-state index in [1.54, 1.807) is 30.5 Å². The molecule has 0 aliphatic rings. The minimum Gasteiger partial charge on any atom is -0.496 e. The number of benzene rings is 2. The van der Waals surface area contributed by atoms with Gasteiger partial charge in [0.1, 0.15) is 5.75 Å². The molecule has 132 valence electrons. The van der Waals surface area contributed by atoms with Crippen LogP contribution in [0.1, 0.15) is 15.9 Å². The lowest BCUT2D eigenvalue weighted by atomic mass is 10.1. The van der Waals surface area contributed by atoms with Crippen LogP contribution in [-0.2, 0) is 0 Å². The summed E-state index contributed by atoms with van der Waals surface area (Å²) in [7, 11) is 1.48. The summed E-state index contributed by atoms with van der Waals surface area (Å²) in [6, 6.07) is 12.1. The first kappa shape index (κ1) is 18.0. The lowest BCUT2D eigenvalue weighted by Crippen LogP contribution is -2.18. The highest BCUT2D eigenvalue weighted by Crippen LogP contribution is 2.23. The second kappa shape index (κ2) is 8.03. The largest absolute Gasteiger partial charge is 0.496 e. The molecule has 0 saturated heterocycles. The van der Waals surface area contributed by atoms with Gasteiger partial charge in [-0.2, -0.15) is 10.2 Å². The smallest absolute Gasteiger partial charge is 0.275 e. The van der Waals surface area contributed by atoms with Crippen molar-refractivity contribution in [3.05, 3.63) is 69.8 Å². The first-order valence-electron chi connectivity index (χ1n) is 7.54. The third kappa shape index (κ3) is 4.04. The number of hydrogen-bond acceptors (Lipinski definition) is 4. The predicted molar refractivity (Wildman–Crippen MR) is 102 cm³/mol. The molecule has 0 aliphatic carbocycles. The summed E-state index contributed by atoms with van der Waals surface area (Å²) < 4.78 is 5.16. The zero-order valence-corrected chi connectivity index (χ0v) is 15.2. The van der Waals surface area contributed by atoms with E-state index in [-0.39, 0.29) is 0 Å². The summed E-state index contributed by atoms with van der Waals surface area (Å²) in [5.74, 6) is -0.0237. The van der Waals surface area contributed by atoms with Crippen LogP contribution in [0.4, 0.5) is 0 Å². The summed E-state index contributed by atoms with van der Waals surface area (Å²) in [4.78, 5) is 12.3. The molecule has 0 radical (unpaired) electrons. The topological polar surface area (TPSA) is 79.4 Å². The Labute approximate surface area is 159 Å². The Morgan fingerprint density at radius 1 is 1.19 bits per heavy atom. The molecule has 0 atom stereocenters. The number of methoxy groups -OCH3 is 1. The maximum atomic E-state index is 12.3. The average molecular weight is 389 g/mol. The molecule has 2 N–H and O–H groups in total. The quantitative estimate of drug-likeness (QED) is 0.508. The van der Waals surface area contributed by atoms with Crippen LogP contribution >= 0.6 is 23.2 Å². The highest BCUT2D eigenvalue weighted by molar-refractivity contribution is 6.31. The molecule has 1 heterocycles. The van der Waals surface area contributed by atoms with Crippen LogP contribution in [-0.4, -0.2) is 29.4 Å². The van der Waals surface area contributed by atoms with E-state index in [0.29, 0.717) is 26.9 Å². The SMILES string of the molecule is COc1ccc(Cl)cc1C(=O)NN=Cc1cn[nH]c1-c1ccc(Cl)cc1. The summed E-state index contributed by atoms with van der Waals surface area (Å²) in [5.41, 5.74) is 5.13. The Morgan fingerprint density at radius 2 is 1.92 bits per heavy atom. The van der Waals surface area contributed by atoms with Crippen LogP contribution in [0.15, 0.2) is 53.8 Å². The van der Waals surface area contributed by atoms with Crippen molar-refractivity contribution in [2.24, 2.45) is 5.10 Å². The van der Waals surface area contributed by atoms with Crippen LogP contribution in [0.2, 0.25) is 10.0 Å². The number of halogens is 2. The minimum atomic E-state index is -0.433. The molecule has 0 unspecified atom stereocenters. The summed E-state index contributed by atoms with van der Waals surface area (Å²) >= 11 is 11.8. The molecule has 3 rings (SSSR count). The van der Waals surface area contributed by atoms with Gasteiger partial charge in [0, 0.05) is 21.2 Å². The molecular formula is C18H14Cl2N4O2. The van der Waals surface area contributed by atoms with Crippen LogP contribution in [0.5, 0.6) is 5.75 Å². The average Bonchev–Trinajstić information content (AvgIpc) is 3.10. The number of hydrazone groups is 1. The van der Waals surface area contributed by atoms with E-state index >= 15 is 0 Å². The van der Waals surface area contributed by atoms with Crippen molar-refractivity contribution in [2.75, 3.05) is 7.11 Å². The number of rotatable bonds is 5. The maximum absolute atomic E-state index is 12.3. The Morgan fingerprint density at radius 3 is 2.65 bits per heavy atom. The van der Waals surface area contributed by atoms with Gasteiger partial charge >= 0.3 is 0 Å². The molecule has 8 heteroatoms. The number of carbonyl (C=O) groups is 1. The molecule has 0 saturated carbocycles. The van der Waals surface area contributed by atoms with Gasteiger partial charge in [-0.25, -0.2) is 5.43 Å². The van der Waals surface area contributed by atoms with E-state index in [0.717, 1.165) is 11.3 Å². The van der Waals surface area contributed by atoms with Crippen LogP contribution in [0.25, 0.3) is 11.3 Å². The lowest BCUT2D eigenvalue weighted by molar-refractivity contribution is 0.0952. The van der Waals surface area contributed by atoms with Crippen LogP contribution in [0, 0.1) is 0 Å². The fourth-order valence-electron chi connectivity index (χ4n) is 2.32. The number of carbonyl (C=O) groups excluding carboxylic acids is 1. The number of aromatic nitrogens is 2. The zero-order chi connectivity index (χ0) is 18.5. The Bertz CT molecular complexity index is 952. The number of aromatic amines is 1. The molecule has 0 bridgehead atoms. The number of H-pyrrole nitrogens is 1. The number of nitrogens with one attached hydrogen (secondary N) is 2. The second-order valence-electron chi connectivity index (χ2n) is 5.25. The second-order valence-corrected chi connectivity index (χ2v) is 6.12. The van der Waals surface area contributed by atoms with Gasteiger partial charge < -0.3 is 4.74 Å². The molecular weight excluding hydrogens is 375 g/mol. The highest BCUT2D eigenvalue weighted by atomic mass is 35.5. The zero-order valence-electron chi connectivity index (χ0n) is 13.7. The van der Waals surface area contributed by atoms with E-state index in [9.17, 15) is 4.79 Å². The highest BCUT2D eigenvalue weighted by Gasteiger charge is 2.12. The van der Waals surface area contributed by atoms with Gasteiger partial charge in [-0.05, 0) is 30.3 Å². The molecule has 2 aromatic carbocycles. The minimum absolute atomic E-state index is 0.294. The van der Waals surface area contributed by atoms with Gasteiger partial charge in [0.05, 0.1) is 30.8 Å². The van der Waals surface area contributed by atoms with Gasteiger partial charge in [-0.15, -0.1) is 0 Å². The van der Waals surface area contributed by atoms with Gasteiger partial charge in [-0.3, -0.25) is 9.89 Å². The fourth-order valence-corrected chi connectivity index (χ4v) is 2.62. The Balaban J connectivity index is 1.76. The van der Waals surface area contributed by atoms with Crippen molar-refractivity contribution in [2.45, 2.75) is 0 Å². The van der Waals surface area contributed by atoms with E-state index in [1.165, 1.54) is 19.4 Å². The number of hydrogen-bond donors (Lipinski definition) is 2. The van der Waals surface area contributed by atoms with Crippen molar-refractivity contribution in [3.8, 4) is 17.0 Å². The van der Waals surface area contributed by atoms with E-state index < -0.39 is 5.91 Å². The van der Waals surface area contributed by atoms with Crippen molar-refractivity contribution in [1.29, 1.82) is 0 Å². The Kier molecular flexibility index (Phi) is 5.55. The molecule has 0 fully saturated rings. The maximum Gasteiger partial charge on any atom is 0.275 e. The Hall–Kier alpha value is -2.83. The summed E-state index contributed by atoms with van der Waals surface area (Å²) in [6.45, 7) is 0. The third-order valence-electron chi connectivity index (χ3n) is 3.58. The third-order valence-corrected chi connectivity index (χ3v) is 4.06. The molecule has 1 amide bonds. The van der Waals surface area contributed by atoms with Crippen molar-refractivity contribution >= 4 is 35.3 Å². The summed E-state index contributed by atoms with van der Waals surface area (Å²) in [6.07, 6.45) is 3.11. The van der Waals surface area contributed by atoms with Gasteiger partial charge in [0.2, 0.25) is 0 Å². The van der Waals surface area contributed by atoms with Gasteiger partial charge in [0.15, 0.2) is 0 Å². The van der Waals surface area contributed by atoms with E-state index in [1.807, 2.05) is 12.1 Å². The van der Waals surface area contributed by atoms with E-state index in [4.69, 9.17) is 27.9 Å². The van der Waals surface area contributed by atoms with Crippen LogP contribution < -0.4 is 10.2 Å². The molecule has 0 aliphatic heterocycles. The normalized spacial score (nSPS) is 10.9. The van der Waals surface area contributed by atoms with Crippen molar-refractivity contribution in [1.82, 2.24) is 15.6 Å². The molecule has 0 spiro atoms. The fraction of sp³-hybridized carbons (Fsp3) is 0.0556. The number of ether oxygens (including phenoxy) is 1. The first-order valence-corrected chi connectivity index (χ1v) is 8.30. The van der Waals surface area contributed by atoms with Gasteiger partial charge in [-0.1, -0.05) is 35.3 Å². The van der Waals surface area contributed by atoms with Crippen molar-refractivity contribution < 1.29 is 9.53 Å². The van der Waals surface area contributed by atoms with Crippen LogP contribution in [0.3, 0.4) is 0 Å². The first-order chi connectivity index (χ1) is 12.6. The molecule has 3 aromatic rings. The standard InChI is InChI=1S/C18H14Cl2N4O2/c1-26-16-7-6-14(20)8-15(16)18(25)24-22-10-12-9-21-23-17(12)11-2-4-13(19)5-3-11/h2-10H,1H3,(H,21,23)(H,24,25). The van der Waals surface area contributed by atoms with Crippen molar-refractivity contribution in [3.63, 3.8) is 0 Å². The molecule has 6 nitrogen and oxygen atoms in total. The monoisotopic (exact) mass is 388 g/mol. The number of amides is 1. The summed E-state index contributed by atoms with van der Waals surface area (Å²) in [5, 5.41) is 12.0. The lowest BCUT2D eigenvalue weighted by Gasteiger charge is -2.07.